The molecule has 1 N–H and O–H groups in total. The van der Waals surface area contributed by atoms with Crippen molar-refractivity contribution in [2.75, 3.05) is 0 Å². The van der Waals surface area contributed by atoms with E-state index in [9.17, 15) is 4.79 Å². The van der Waals surface area contributed by atoms with Crippen LogP contribution in [0.3, 0.4) is 0 Å². The molecule has 0 spiro atoms. The van der Waals surface area contributed by atoms with E-state index in [4.69, 9.17) is 5.11 Å². The van der Waals surface area contributed by atoms with Gasteiger partial charge in [0, 0.05) is 12.4 Å². The second kappa shape index (κ2) is 4.85. The highest BCUT2D eigenvalue weighted by molar-refractivity contribution is 7.11. The summed E-state index contributed by atoms with van der Waals surface area (Å²) in [6.45, 7) is 0. The Hall–Kier alpha value is -1.75. The zero-order valence-electron chi connectivity index (χ0n) is 8.46. The Labute approximate surface area is 96.6 Å². The summed E-state index contributed by atoms with van der Waals surface area (Å²) in [5.41, 5.74) is 3.32. The Morgan fingerprint density at radius 1 is 1.44 bits per heavy atom. The van der Waals surface area contributed by atoms with Gasteiger partial charge in [-0.2, -0.15) is 0 Å². The molecule has 2 aromatic heterocycles. The topological polar surface area (TPSA) is 63.1 Å². The van der Waals surface area contributed by atoms with E-state index in [-0.39, 0.29) is 0 Å². The summed E-state index contributed by atoms with van der Waals surface area (Å²) in [4.78, 5) is 19.3. The molecule has 0 unspecified atom stereocenters. The van der Waals surface area contributed by atoms with E-state index in [0.29, 0.717) is 17.0 Å². The Bertz CT molecular complexity index is 482. The molecule has 2 heterocycles. The molecule has 0 bridgehead atoms. The van der Waals surface area contributed by atoms with Crippen molar-refractivity contribution >= 4 is 17.3 Å². The molecule has 0 aromatic carbocycles. The van der Waals surface area contributed by atoms with Crippen LogP contribution >= 0.6 is 11.3 Å². The van der Waals surface area contributed by atoms with Gasteiger partial charge in [-0.05, 0) is 24.5 Å². The van der Waals surface area contributed by atoms with Gasteiger partial charge in [0.25, 0.3) is 0 Å². The maximum atomic E-state index is 10.9. The average Bonchev–Trinajstić information content (AvgIpc) is 2.76. The lowest BCUT2D eigenvalue weighted by Crippen LogP contribution is -2.01. The average molecular weight is 234 g/mol. The third-order valence-electron chi connectivity index (χ3n) is 2.21. The third-order valence-corrected chi connectivity index (χ3v) is 3.07. The van der Waals surface area contributed by atoms with Gasteiger partial charge >= 0.3 is 5.97 Å². The molecule has 0 saturated heterocycles. The number of aromatic carboxylic acids is 1. The largest absolute Gasteiger partial charge is 0.477 e. The van der Waals surface area contributed by atoms with E-state index in [1.165, 1.54) is 11.3 Å². The summed E-state index contributed by atoms with van der Waals surface area (Å²) in [6, 6.07) is 3.84. The molecule has 4 nitrogen and oxygen atoms in total. The molecule has 0 aliphatic carbocycles. The number of carboxylic acid groups (broad SMARTS) is 1. The van der Waals surface area contributed by atoms with Crippen molar-refractivity contribution in [1.82, 2.24) is 9.97 Å². The first kappa shape index (κ1) is 10.8. The Morgan fingerprint density at radius 2 is 2.31 bits per heavy atom. The molecule has 0 aliphatic rings. The second-order valence-corrected chi connectivity index (χ2v) is 4.15. The summed E-state index contributed by atoms with van der Waals surface area (Å²) in [5, 5.41) is 8.91. The Morgan fingerprint density at radius 3 is 3.00 bits per heavy atom. The van der Waals surface area contributed by atoms with Crippen LogP contribution < -0.4 is 0 Å². The Balaban J connectivity index is 2.05. The smallest absolute Gasteiger partial charge is 0.347 e. The SMILES string of the molecule is O=C(O)c1scnc1CCc1cccnc1. The van der Waals surface area contributed by atoms with Crippen LogP contribution in [0.4, 0.5) is 0 Å². The number of hydrogen-bond acceptors (Lipinski definition) is 4. The fraction of sp³-hybridized carbons (Fsp3) is 0.182. The van der Waals surface area contributed by atoms with Crippen LogP contribution in [0.2, 0.25) is 0 Å². The minimum atomic E-state index is -0.899. The highest BCUT2D eigenvalue weighted by Crippen LogP contribution is 2.15. The van der Waals surface area contributed by atoms with Crippen LogP contribution in [0.25, 0.3) is 0 Å². The second-order valence-electron chi connectivity index (χ2n) is 3.29. The first-order valence-corrected chi connectivity index (χ1v) is 5.70. The van der Waals surface area contributed by atoms with Crippen LogP contribution in [-0.4, -0.2) is 21.0 Å². The Kier molecular flexibility index (Phi) is 3.26. The summed E-state index contributed by atoms with van der Waals surface area (Å²) in [6.07, 6.45) is 4.90. The lowest BCUT2D eigenvalue weighted by atomic mass is 10.1. The van der Waals surface area contributed by atoms with E-state index in [1.807, 2.05) is 12.1 Å². The maximum absolute atomic E-state index is 10.9. The van der Waals surface area contributed by atoms with E-state index in [2.05, 4.69) is 9.97 Å². The minimum Gasteiger partial charge on any atom is -0.477 e. The predicted octanol–water partition coefficient (Wildman–Crippen LogP) is 2.02. The molecule has 0 saturated carbocycles. The molecule has 16 heavy (non-hydrogen) atoms. The maximum Gasteiger partial charge on any atom is 0.347 e. The molecule has 0 amide bonds. The third kappa shape index (κ3) is 2.43. The normalized spacial score (nSPS) is 10.2. The monoisotopic (exact) mass is 234 g/mol. The molecular formula is C11H10N2O2S. The first-order valence-electron chi connectivity index (χ1n) is 4.82. The zero-order valence-corrected chi connectivity index (χ0v) is 9.28. The predicted molar refractivity (Wildman–Crippen MR) is 60.7 cm³/mol. The number of pyridine rings is 1. The fourth-order valence-corrected chi connectivity index (χ4v) is 2.11. The molecule has 5 heteroatoms. The molecule has 0 aliphatic heterocycles. The fourth-order valence-electron chi connectivity index (χ4n) is 1.43. The number of carbonyl (C=O) groups is 1. The van der Waals surface area contributed by atoms with Crippen LogP contribution in [0.15, 0.2) is 30.0 Å². The van der Waals surface area contributed by atoms with E-state index < -0.39 is 5.97 Å². The van der Waals surface area contributed by atoms with Gasteiger partial charge in [0.1, 0.15) is 4.88 Å². The van der Waals surface area contributed by atoms with Gasteiger partial charge in [0.15, 0.2) is 0 Å². The van der Waals surface area contributed by atoms with Gasteiger partial charge in [-0.15, -0.1) is 11.3 Å². The van der Waals surface area contributed by atoms with Crippen LogP contribution in [0.5, 0.6) is 0 Å². The van der Waals surface area contributed by atoms with Crippen molar-refractivity contribution < 1.29 is 9.90 Å². The van der Waals surface area contributed by atoms with Crippen molar-refractivity contribution in [2.45, 2.75) is 12.8 Å². The molecule has 0 atom stereocenters. The summed E-state index contributed by atoms with van der Waals surface area (Å²) < 4.78 is 0. The molecule has 82 valence electrons. The summed E-state index contributed by atoms with van der Waals surface area (Å²) in [7, 11) is 0. The van der Waals surface area contributed by atoms with Crippen molar-refractivity contribution in [3.8, 4) is 0 Å². The van der Waals surface area contributed by atoms with Gasteiger partial charge in [0.2, 0.25) is 0 Å². The molecule has 2 aromatic rings. The standard InChI is InChI=1S/C11H10N2O2S/c14-11(15)10-9(13-7-16-10)4-3-8-2-1-5-12-6-8/h1-2,5-7H,3-4H2,(H,14,15). The van der Waals surface area contributed by atoms with E-state index >= 15 is 0 Å². The van der Waals surface area contributed by atoms with Crippen molar-refractivity contribution in [3.05, 3.63) is 46.2 Å². The lowest BCUT2D eigenvalue weighted by Gasteiger charge is -1.99. The number of nitrogens with zero attached hydrogens (tertiary/aromatic N) is 2. The van der Waals surface area contributed by atoms with Crippen molar-refractivity contribution in [1.29, 1.82) is 0 Å². The van der Waals surface area contributed by atoms with E-state index in [0.717, 1.165) is 12.0 Å². The zero-order chi connectivity index (χ0) is 11.4. The highest BCUT2D eigenvalue weighted by Gasteiger charge is 2.12. The number of aromatic nitrogens is 2. The highest BCUT2D eigenvalue weighted by atomic mass is 32.1. The summed E-state index contributed by atoms with van der Waals surface area (Å²) in [5.74, 6) is -0.899. The van der Waals surface area contributed by atoms with Gasteiger partial charge < -0.3 is 5.11 Å². The number of hydrogen-bond donors (Lipinski definition) is 1. The van der Waals surface area contributed by atoms with Gasteiger partial charge in [-0.3, -0.25) is 4.98 Å². The number of rotatable bonds is 4. The number of aryl methyl sites for hydroxylation is 2. The van der Waals surface area contributed by atoms with Crippen LogP contribution in [0, 0.1) is 0 Å². The molecule has 0 radical (unpaired) electrons. The van der Waals surface area contributed by atoms with Gasteiger partial charge in [-0.25, -0.2) is 9.78 Å². The van der Waals surface area contributed by atoms with Crippen molar-refractivity contribution in [3.63, 3.8) is 0 Å². The quantitative estimate of drug-likeness (QED) is 0.879. The lowest BCUT2D eigenvalue weighted by molar-refractivity contribution is 0.0700. The van der Waals surface area contributed by atoms with Crippen molar-refractivity contribution in [2.24, 2.45) is 0 Å². The molecule has 2 rings (SSSR count). The van der Waals surface area contributed by atoms with Crippen LogP contribution in [0.1, 0.15) is 20.9 Å². The van der Waals surface area contributed by atoms with Crippen LogP contribution in [-0.2, 0) is 12.8 Å². The van der Waals surface area contributed by atoms with E-state index in [1.54, 1.807) is 17.9 Å². The number of thiazole rings is 1. The number of carboxylic acids is 1. The molecule has 0 fully saturated rings. The minimum absolute atomic E-state index is 0.337. The van der Waals surface area contributed by atoms with Gasteiger partial charge in [-0.1, -0.05) is 6.07 Å². The molecular weight excluding hydrogens is 224 g/mol. The first-order chi connectivity index (χ1) is 7.77. The van der Waals surface area contributed by atoms with Gasteiger partial charge in [0.05, 0.1) is 11.2 Å². The summed E-state index contributed by atoms with van der Waals surface area (Å²) >= 11 is 1.17.